The van der Waals surface area contributed by atoms with Crippen LogP contribution in [0.15, 0.2) is 53.3 Å². The molecule has 0 aliphatic rings. The summed E-state index contributed by atoms with van der Waals surface area (Å²) in [5.74, 6) is -1.04. The average molecular weight is 394 g/mol. The molecule has 0 amide bonds. The number of hydrogen-bond acceptors (Lipinski definition) is 6. The molecular formula is C22H22N2O5. The highest BCUT2D eigenvalue weighted by Crippen LogP contribution is 2.16. The molecule has 7 nitrogen and oxygen atoms in total. The number of unbranched alkanes of at least 4 members (excludes halogenated alkanes) is 1. The van der Waals surface area contributed by atoms with E-state index < -0.39 is 11.9 Å². The summed E-state index contributed by atoms with van der Waals surface area (Å²) in [7, 11) is 1.31. The van der Waals surface area contributed by atoms with Crippen molar-refractivity contribution in [2.24, 2.45) is 0 Å². The Bertz CT molecular complexity index is 1090. The summed E-state index contributed by atoms with van der Waals surface area (Å²) < 4.78 is 11.4. The summed E-state index contributed by atoms with van der Waals surface area (Å²) >= 11 is 0. The molecule has 7 heteroatoms. The number of rotatable bonds is 7. The molecule has 0 N–H and O–H groups in total. The van der Waals surface area contributed by atoms with Gasteiger partial charge >= 0.3 is 11.9 Å². The summed E-state index contributed by atoms with van der Waals surface area (Å²) in [6.45, 7) is 2.48. The third kappa shape index (κ3) is 4.51. The van der Waals surface area contributed by atoms with Gasteiger partial charge in [-0.05, 0) is 30.2 Å². The predicted molar refractivity (Wildman–Crippen MR) is 108 cm³/mol. The van der Waals surface area contributed by atoms with E-state index >= 15 is 0 Å². The smallest absolute Gasteiger partial charge is 0.359 e. The van der Waals surface area contributed by atoms with Crippen LogP contribution in [-0.2, 0) is 22.6 Å². The summed E-state index contributed by atoms with van der Waals surface area (Å²) in [4.78, 5) is 36.8. The van der Waals surface area contributed by atoms with Crippen LogP contribution in [0.2, 0.25) is 0 Å². The molecule has 150 valence electrons. The third-order valence-corrected chi connectivity index (χ3v) is 4.53. The van der Waals surface area contributed by atoms with Crippen molar-refractivity contribution in [2.75, 3.05) is 7.11 Å². The van der Waals surface area contributed by atoms with E-state index in [2.05, 4.69) is 9.84 Å². The maximum absolute atomic E-state index is 12.7. The molecule has 2 aromatic carbocycles. The van der Waals surface area contributed by atoms with Gasteiger partial charge in [-0.15, -0.1) is 0 Å². The highest BCUT2D eigenvalue weighted by molar-refractivity contribution is 6.02. The van der Waals surface area contributed by atoms with E-state index in [1.807, 2.05) is 6.92 Å². The Labute approximate surface area is 167 Å². The van der Waals surface area contributed by atoms with Gasteiger partial charge in [-0.1, -0.05) is 43.7 Å². The Morgan fingerprint density at radius 1 is 1.00 bits per heavy atom. The van der Waals surface area contributed by atoms with Gasteiger partial charge in [-0.3, -0.25) is 4.79 Å². The maximum atomic E-state index is 12.7. The van der Waals surface area contributed by atoms with Crippen molar-refractivity contribution >= 4 is 22.7 Å². The van der Waals surface area contributed by atoms with Crippen LogP contribution < -0.4 is 5.56 Å². The number of nitrogens with zero attached hydrogens (tertiary/aromatic N) is 2. The number of aryl methyl sites for hydroxylation is 1. The molecule has 0 saturated carbocycles. The standard InChI is InChI=1S/C22H22N2O5/c1-3-4-13-24-20(25)18-8-6-5-7-17(18)19(23-24)22(27)29-14-15-9-11-16(12-10-15)21(26)28-2/h5-12H,3-4,13-14H2,1-2H3. The maximum Gasteiger partial charge on any atom is 0.359 e. The van der Waals surface area contributed by atoms with Crippen LogP contribution in [0.3, 0.4) is 0 Å². The number of carbonyl (C=O) groups is 2. The second-order valence-corrected chi connectivity index (χ2v) is 6.54. The number of carbonyl (C=O) groups excluding carboxylic acids is 2. The molecule has 0 spiro atoms. The summed E-state index contributed by atoms with van der Waals surface area (Å²) in [6, 6.07) is 13.5. The topological polar surface area (TPSA) is 87.5 Å². The van der Waals surface area contributed by atoms with Gasteiger partial charge in [0.2, 0.25) is 0 Å². The molecule has 0 bridgehead atoms. The largest absolute Gasteiger partial charge is 0.465 e. The monoisotopic (exact) mass is 394 g/mol. The van der Waals surface area contributed by atoms with Crippen LogP contribution in [0.4, 0.5) is 0 Å². The fourth-order valence-electron chi connectivity index (χ4n) is 2.92. The number of hydrogen-bond donors (Lipinski definition) is 0. The first-order valence-electron chi connectivity index (χ1n) is 9.39. The van der Waals surface area contributed by atoms with Crippen molar-refractivity contribution < 1.29 is 19.1 Å². The first-order valence-corrected chi connectivity index (χ1v) is 9.39. The number of aromatic nitrogens is 2. The van der Waals surface area contributed by atoms with Gasteiger partial charge in [0.15, 0.2) is 5.69 Å². The Morgan fingerprint density at radius 2 is 1.69 bits per heavy atom. The van der Waals surface area contributed by atoms with E-state index in [0.29, 0.717) is 22.9 Å². The minimum absolute atomic E-state index is 0.0182. The van der Waals surface area contributed by atoms with Crippen LogP contribution in [0.25, 0.3) is 10.8 Å². The Kier molecular flexibility index (Phi) is 6.39. The third-order valence-electron chi connectivity index (χ3n) is 4.53. The van der Waals surface area contributed by atoms with Crippen LogP contribution >= 0.6 is 0 Å². The summed E-state index contributed by atoms with van der Waals surface area (Å²) in [5.41, 5.74) is 1.03. The van der Waals surface area contributed by atoms with Crippen LogP contribution in [0, 0.1) is 0 Å². The zero-order valence-electron chi connectivity index (χ0n) is 16.4. The minimum Gasteiger partial charge on any atom is -0.465 e. The molecular weight excluding hydrogens is 372 g/mol. The van der Waals surface area contributed by atoms with Crippen LogP contribution in [-0.4, -0.2) is 28.8 Å². The lowest BCUT2D eigenvalue weighted by atomic mass is 10.1. The van der Waals surface area contributed by atoms with E-state index in [9.17, 15) is 14.4 Å². The number of benzene rings is 2. The second-order valence-electron chi connectivity index (χ2n) is 6.54. The highest BCUT2D eigenvalue weighted by atomic mass is 16.5. The van der Waals surface area contributed by atoms with E-state index in [1.165, 1.54) is 11.8 Å². The van der Waals surface area contributed by atoms with E-state index in [1.54, 1.807) is 48.5 Å². The van der Waals surface area contributed by atoms with Crippen molar-refractivity contribution in [1.82, 2.24) is 9.78 Å². The highest BCUT2D eigenvalue weighted by Gasteiger charge is 2.18. The minimum atomic E-state index is -0.608. The molecule has 0 saturated heterocycles. The molecule has 1 heterocycles. The Morgan fingerprint density at radius 3 is 2.34 bits per heavy atom. The quantitative estimate of drug-likeness (QED) is 0.571. The molecule has 29 heavy (non-hydrogen) atoms. The zero-order valence-corrected chi connectivity index (χ0v) is 16.4. The van der Waals surface area contributed by atoms with Crippen molar-refractivity contribution in [3.8, 4) is 0 Å². The van der Waals surface area contributed by atoms with Crippen molar-refractivity contribution in [1.29, 1.82) is 0 Å². The summed E-state index contributed by atoms with van der Waals surface area (Å²) in [5, 5.41) is 5.17. The number of fused-ring (bicyclic) bond motifs is 1. The second kappa shape index (κ2) is 9.14. The van der Waals surface area contributed by atoms with E-state index in [4.69, 9.17) is 4.74 Å². The van der Waals surface area contributed by atoms with Gasteiger partial charge in [-0.25, -0.2) is 14.3 Å². The molecule has 0 aliphatic carbocycles. The van der Waals surface area contributed by atoms with Crippen molar-refractivity contribution in [3.63, 3.8) is 0 Å². The number of methoxy groups -OCH3 is 1. The number of ether oxygens (including phenoxy) is 2. The van der Waals surface area contributed by atoms with Gasteiger partial charge in [0, 0.05) is 11.9 Å². The van der Waals surface area contributed by atoms with E-state index in [0.717, 1.165) is 18.4 Å². The molecule has 0 atom stereocenters. The predicted octanol–water partition coefficient (Wildman–Crippen LogP) is 3.34. The molecule has 0 radical (unpaired) electrons. The van der Waals surface area contributed by atoms with Crippen molar-refractivity contribution in [3.05, 3.63) is 75.7 Å². The Balaban J connectivity index is 1.84. The van der Waals surface area contributed by atoms with Gasteiger partial charge in [0.05, 0.1) is 18.1 Å². The molecule has 0 aliphatic heterocycles. The lowest BCUT2D eigenvalue weighted by Gasteiger charge is -2.11. The normalized spacial score (nSPS) is 10.7. The van der Waals surface area contributed by atoms with Gasteiger partial charge in [-0.2, -0.15) is 5.10 Å². The van der Waals surface area contributed by atoms with Crippen molar-refractivity contribution in [2.45, 2.75) is 32.9 Å². The van der Waals surface area contributed by atoms with Gasteiger partial charge < -0.3 is 9.47 Å². The molecule has 0 fully saturated rings. The first kappa shape index (κ1) is 20.3. The fourth-order valence-corrected chi connectivity index (χ4v) is 2.92. The molecule has 1 aromatic heterocycles. The molecule has 3 aromatic rings. The lowest BCUT2D eigenvalue weighted by molar-refractivity contribution is 0.0464. The molecule has 0 unspecified atom stereocenters. The first-order chi connectivity index (χ1) is 14.0. The lowest BCUT2D eigenvalue weighted by Crippen LogP contribution is -2.26. The fraction of sp³-hybridized carbons (Fsp3) is 0.273. The van der Waals surface area contributed by atoms with Gasteiger partial charge in [0.25, 0.3) is 5.56 Å². The van der Waals surface area contributed by atoms with Crippen LogP contribution in [0.1, 0.15) is 46.2 Å². The summed E-state index contributed by atoms with van der Waals surface area (Å²) in [6.07, 6.45) is 1.69. The van der Waals surface area contributed by atoms with Gasteiger partial charge in [0.1, 0.15) is 6.61 Å². The SMILES string of the molecule is CCCCn1nc(C(=O)OCc2ccc(C(=O)OC)cc2)c2ccccc2c1=O. The molecule has 3 rings (SSSR count). The van der Waals surface area contributed by atoms with Crippen LogP contribution in [0.5, 0.6) is 0 Å². The zero-order chi connectivity index (χ0) is 20.8. The van der Waals surface area contributed by atoms with E-state index in [-0.39, 0.29) is 17.9 Å². The Hall–Kier alpha value is -3.48. The number of esters is 2. The average Bonchev–Trinajstić information content (AvgIpc) is 2.77.